The molecule has 2 aromatic heterocycles. The predicted molar refractivity (Wildman–Crippen MR) is 160 cm³/mol. The zero-order chi connectivity index (χ0) is 30.5. The highest BCUT2D eigenvalue weighted by Gasteiger charge is 2.53. The van der Waals surface area contributed by atoms with Gasteiger partial charge in [-0.1, -0.05) is 47.5 Å². The Bertz CT molecular complexity index is 1810. The van der Waals surface area contributed by atoms with Crippen molar-refractivity contribution >= 4 is 56.7 Å². The van der Waals surface area contributed by atoms with Crippen LogP contribution < -0.4 is 4.90 Å². The first kappa shape index (κ1) is 29.2. The van der Waals surface area contributed by atoms with E-state index in [1.54, 1.807) is 31.5 Å². The molecule has 1 saturated heterocycles. The van der Waals surface area contributed by atoms with Gasteiger partial charge in [-0.25, -0.2) is 28.3 Å². The van der Waals surface area contributed by atoms with Gasteiger partial charge >= 0.3 is 5.97 Å². The number of rotatable bonds is 7. The van der Waals surface area contributed by atoms with Crippen LogP contribution in [0.4, 0.5) is 11.6 Å². The van der Waals surface area contributed by atoms with Gasteiger partial charge in [0.1, 0.15) is 17.9 Å². The minimum absolute atomic E-state index is 0.0938. The number of aromatic nitrogens is 4. The third-order valence-corrected chi connectivity index (χ3v) is 10.1. The normalized spacial score (nSPS) is 20.4. The Labute approximate surface area is 258 Å². The highest BCUT2D eigenvalue weighted by molar-refractivity contribution is 7.89. The quantitative estimate of drug-likeness (QED) is 0.268. The third-order valence-electron chi connectivity index (χ3n) is 7.82. The van der Waals surface area contributed by atoms with Crippen molar-refractivity contribution < 1.29 is 22.7 Å². The summed E-state index contributed by atoms with van der Waals surface area (Å²) in [5.41, 5.74) is 1.41. The monoisotopic (exact) mass is 640 g/mol. The van der Waals surface area contributed by atoms with Crippen LogP contribution in [0, 0.1) is 0 Å². The van der Waals surface area contributed by atoms with Crippen molar-refractivity contribution in [2.24, 2.45) is 0 Å². The molecule has 0 aliphatic carbocycles. The standard InChI is InChI=1S/C29H26Cl2N6O5S/c1-29(13-18-5-7-19(8-6-18)20-14-32-17-33-15-20)27(39)36(23-11-21(30)10-22(31)12-23)28-34-16-25(37(28)29)43(40,41)35-9-3-4-24(35)26(38)42-2/h5-8,10-12,14-17,24H,3-4,9,13H2,1-2H3/t24-,29+/m0/s1. The second-order valence-electron chi connectivity index (χ2n) is 10.6. The molecule has 6 rings (SSSR count). The van der Waals surface area contributed by atoms with Gasteiger partial charge in [0.15, 0.2) is 5.03 Å². The average molecular weight is 642 g/mol. The van der Waals surface area contributed by atoms with Crippen LogP contribution in [0.25, 0.3) is 11.1 Å². The Balaban J connectivity index is 1.47. The second-order valence-corrected chi connectivity index (χ2v) is 13.3. The van der Waals surface area contributed by atoms with Crippen LogP contribution in [0.3, 0.4) is 0 Å². The lowest BCUT2D eigenvalue weighted by Crippen LogP contribution is -2.45. The summed E-state index contributed by atoms with van der Waals surface area (Å²) in [4.78, 5) is 40.7. The Kier molecular flexibility index (Phi) is 7.49. The van der Waals surface area contributed by atoms with Gasteiger partial charge in [0, 0.05) is 41.0 Å². The highest BCUT2D eigenvalue weighted by Crippen LogP contribution is 2.45. The lowest BCUT2D eigenvalue weighted by molar-refractivity contribution is -0.144. The van der Waals surface area contributed by atoms with Crippen molar-refractivity contribution in [3.8, 4) is 11.1 Å². The summed E-state index contributed by atoms with van der Waals surface area (Å²) in [6, 6.07) is 11.2. The summed E-state index contributed by atoms with van der Waals surface area (Å²) < 4.78 is 35.8. The van der Waals surface area contributed by atoms with E-state index in [-0.39, 0.29) is 23.9 Å². The van der Waals surface area contributed by atoms with Crippen LogP contribution in [0.5, 0.6) is 0 Å². The molecule has 0 saturated carbocycles. The van der Waals surface area contributed by atoms with Crippen molar-refractivity contribution in [1.29, 1.82) is 0 Å². The maximum Gasteiger partial charge on any atom is 0.324 e. The van der Waals surface area contributed by atoms with E-state index in [4.69, 9.17) is 27.9 Å². The predicted octanol–water partition coefficient (Wildman–Crippen LogP) is 4.61. The maximum atomic E-state index is 14.4. The van der Waals surface area contributed by atoms with Crippen molar-refractivity contribution in [3.05, 3.63) is 83.0 Å². The topological polar surface area (TPSA) is 128 Å². The number of hydrogen-bond acceptors (Lipinski definition) is 8. The zero-order valence-corrected chi connectivity index (χ0v) is 25.5. The molecule has 4 aromatic rings. The number of methoxy groups -OCH3 is 1. The van der Waals surface area contributed by atoms with E-state index in [2.05, 4.69) is 15.0 Å². The SMILES string of the molecule is COC(=O)[C@@H]1CCCN1S(=O)(=O)c1cnc2n1[C@](C)(Cc1ccc(-c3cncnc3)cc1)C(=O)N2c1cc(Cl)cc(Cl)c1. The maximum absolute atomic E-state index is 14.4. The number of sulfonamides is 1. The number of fused-ring (bicyclic) bond motifs is 1. The van der Waals surface area contributed by atoms with Crippen LogP contribution in [0.1, 0.15) is 25.3 Å². The molecule has 222 valence electrons. The fraction of sp³-hybridized carbons (Fsp3) is 0.276. The summed E-state index contributed by atoms with van der Waals surface area (Å²) >= 11 is 12.6. The lowest BCUT2D eigenvalue weighted by Gasteiger charge is -2.28. The van der Waals surface area contributed by atoms with Gasteiger partial charge in [-0.3, -0.25) is 14.2 Å². The van der Waals surface area contributed by atoms with Crippen LogP contribution in [-0.4, -0.2) is 63.8 Å². The molecular formula is C29H26Cl2N6O5S. The van der Waals surface area contributed by atoms with Crippen LogP contribution in [0.15, 0.2) is 72.4 Å². The minimum atomic E-state index is -4.29. The Morgan fingerprint density at radius 3 is 2.37 bits per heavy atom. The molecule has 0 N–H and O–H groups in total. The second kappa shape index (κ2) is 11.0. The van der Waals surface area contributed by atoms with Gasteiger partial charge in [-0.2, -0.15) is 4.31 Å². The fourth-order valence-corrected chi connectivity index (χ4v) is 8.14. The van der Waals surface area contributed by atoms with E-state index in [1.165, 1.54) is 35.2 Å². The first-order chi connectivity index (χ1) is 20.5. The number of amides is 1. The largest absolute Gasteiger partial charge is 0.468 e. The van der Waals surface area contributed by atoms with Crippen LogP contribution in [0.2, 0.25) is 10.0 Å². The van der Waals surface area contributed by atoms with E-state index in [0.717, 1.165) is 21.0 Å². The van der Waals surface area contributed by atoms with E-state index in [1.807, 2.05) is 24.3 Å². The van der Waals surface area contributed by atoms with Gasteiger partial charge < -0.3 is 4.74 Å². The number of imidazole rings is 1. The molecule has 4 heterocycles. The molecule has 0 spiro atoms. The van der Waals surface area contributed by atoms with Crippen molar-refractivity contribution in [2.45, 2.75) is 42.8 Å². The molecule has 2 aliphatic rings. The van der Waals surface area contributed by atoms with Crippen molar-refractivity contribution in [2.75, 3.05) is 18.6 Å². The van der Waals surface area contributed by atoms with Gasteiger partial charge in [0.25, 0.3) is 15.9 Å². The van der Waals surface area contributed by atoms with Crippen molar-refractivity contribution in [1.82, 2.24) is 23.8 Å². The Hall–Kier alpha value is -3.84. The van der Waals surface area contributed by atoms with E-state index in [0.29, 0.717) is 28.6 Å². The van der Waals surface area contributed by atoms with Gasteiger partial charge in [-0.05, 0) is 49.1 Å². The van der Waals surface area contributed by atoms with Gasteiger partial charge in [0.05, 0.1) is 19.0 Å². The average Bonchev–Trinajstić information content (AvgIpc) is 3.70. The summed E-state index contributed by atoms with van der Waals surface area (Å²) in [5.74, 6) is -0.965. The first-order valence-corrected chi connectivity index (χ1v) is 15.6. The summed E-state index contributed by atoms with van der Waals surface area (Å²) in [6.07, 6.45) is 7.03. The highest BCUT2D eigenvalue weighted by atomic mass is 35.5. The molecule has 1 amide bonds. The van der Waals surface area contributed by atoms with E-state index in [9.17, 15) is 18.0 Å². The summed E-state index contributed by atoms with van der Waals surface area (Å²) in [7, 11) is -3.06. The molecule has 14 heteroatoms. The molecule has 0 radical (unpaired) electrons. The molecule has 0 unspecified atom stereocenters. The number of anilines is 2. The molecule has 11 nitrogen and oxygen atoms in total. The summed E-state index contributed by atoms with van der Waals surface area (Å²) in [5, 5.41) is 0.393. The molecule has 2 aliphatic heterocycles. The Morgan fingerprint density at radius 2 is 1.72 bits per heavy atom. The number of esters is 1. The molecule has 43 heavy (non-hydrogen) atoms. The minimum Gasteiger partial charge on any atom is -0.468 e. The van der Waals surface area contributed by atoms with Gasteiger partial charge in [0.2, 0.25) is 5.95 Å². The fourth-order valence-electron chi connectivity index (χ4n) is 5.79. The number of ether oxygens (including phenoxy) is 1. The van der Waals surface area contributed by atoms with E-state index >= 15 is 0 Å². The van der Waals surface area contributed by atoms with E-state index < -0.39 is 33.5 Å². The molecule has 1 fully saturated rings. The van der Waals surface area contributed by atoms with Crippen molar-refractivity contribution in [3.63, 3.8) is 0 Å². The number of benzene rings is 2. The smallest absolute Gasteiger partial charge is 0.324 e. The molecule has 2 aromatic carbocycles. The number of carbonyl (C=O) groups is 2. The Morgan fingerprint density at radius 1 is 1.05 bits per heavy atom. The van der Waals surface area contributed by atoms with Gasteiger partial charge in [-0.15, -0.1) is 0 Å². The number of carbonyl (C=O) groups excluding carboxylic acids is 2. The summed E-state index contributed by atoms with van der Waals surface area (Å²) in [6.45, 7) is 1.80. The number of hydrogen-bond donors (Lipinski definition) is 0. The zero-order valence-electron chi connectivity index (χ0n) is 23.1. The number of nitrogens with zero attached hydrogens (tertiary/aromatic N) is 6. The number of halogens is 2. The first-order valence-electron chi connectivity index (χ1n) is 13.4. The van der Waals surface area contributed by atoms with Crippen LogP contribution in [-0.2, 0) is 36.3 Å². The lowest BCUT2D eigenvalue weighted by atomic mass is 9.91. The molecule has 0 bridgehead atoms. The third kappa shape index (κ3) is 4.97. The molecule has 2 atom stereocenters. The van der Waals surface area contributed by atoms with Crippen LogP contribution >= 0.6 is 23.2 Å². The molecular weight excluding hydrogens is 615 g/mol.